The first-order valence-electron chi connectivity index (χ1n) is 4.39. The van der Waals surface area contributed by atoms with Gasteiger partial charge in [-0.1, -0.05) is 15.9 Å². The quantitative estimate of drug-likeness (QED) is 0.780. The molecule has 0 aliphatic heterocycles. The van der Waals surface area contributed by atoms with Crippen LogP contribution in [0.2, 0.25) is 0 Å². The van der Waals surface area contributed by atoms with Gasteiger partial charge < -0.3 is 0 Å². The Morgan fingerprint density at radius 1 is 1.43 bits per heavy atom. The number of alkyl halides is 1. The summed E-state index contributed by atoms with van der Waals surface area (Å²) in [5, 5.41) is 9.33. The van der Waals surface area contributed by atoms with Gasteiger partial charge in [-0.2, -0.15) is 10.2 Å². The number of aromatic nitrogens is 4. The summed E-state index contributed by atoms with van der Waals surface area (Å²) in [6, 6.07) is 1.94. The van der Waals surface area contributed by atoms with E-state index in [0.29, 0.717) is 0 Å². The highest BCUT2D eigenvalue weighted by Crippen LogP contribution is 2.07. The Kier molecular flexibility index (Phi) is 2.67. The van der Waals surface area contributed by atoms with Crippen LogP contribution in [0.5, 0.6) is 0 Å². The second kappa shape index (κ2) is 3.96. The van der Waals surface area contributed by atoms with E-state index >= 15 is 0 Å². The predicted octanol–water partition coefficient (Wildman–Crippen LogP) is 1.54. The minimum atomic E-state index is 0.962. The van der Waals surface area contributed by atoms with E-state index in [0.717, 1.165) is 17.6 Å². The highest BCUT2D eigenvalue weighted by Gasteiger charge is 2.03. The second-order valence-electron chi connectivity index (χ2n) is 3.05. The van der Waals surface area contributed by atoms with Crippen LogP contribution in [-0.2, 0) is 13.5 Å². The standard InChI is InChI=1S/C9H11BrN4/c1-13-9(3-5-11-13)14-7-8(2-4-10)6-12-14/h3,5-7H,2,4H2,1H3. The van der Waals surface area contributed by atoms with E-state index in [1.54, 1.807) is 10.9 Å². The summed E-state index contributed by atoms with van der Waals surface area (Å²) < 4.78 is 3.63. The van der Waals surface area contributed by atoms with Crippen molar-refractivity contribution in [1.82, 2.24) is 19.6 Å². The fraction of sp³-hybridized carbons (Fsp3) is 0.333. The molecular formula is C9H11BrN4. The molecule has 2 aromatic rings. The third kappa shape index (κ3) is 1.72. The molecule has 0 saturated carbocycles. The summed E-state index contributed by atoms with van der Waals surface area (Å²) in [4.78, 5) is 0. The minimum absolute atomic E-state index is 0.962. The molecule has 0 unspecified atom stereocenters. The molecule has 0 N–H and O–H groups in total. The SMILES string of the molecule is Cn1nccc1-n1cc(CCBr)cn1. The third-order valence-electron chi connectivity index (χ3n) is 2.05. The van der Waals surface area contributed by atoms with E-state index in [9.17, 15) is 0 Å². The zero-order valence-corrected chi connectivity index (χ0v) is 9.48. The lowest BCUT2D eigenvalue weighted by Gasteiger charge is -1.99. The summed E-state index contributed by atoms with van der Waals surface area (Å²) >= 11 is 3.40. The Labute approximate surface area is 90.7 Å². The molecule has 4 nitrogen and oxygen atoms in total. The smallest absolute Gasteiger partial charge is 0.151 e. The van der Waals surface area contributed by atoms with Crippen LogP contribution in [0.25, 0.3) is 5.82 Å². The van der Waals surface area contributed by atoms with Crippen LogP contribution >= 0.6 is 15.9 Å². The number of rotatable bonds is 3. The molecule has 0 fully saturated rings. The Hall–Kier alpha value is -1.10. The molecule has 0 spiro atoms. The van der Waals surface area contributed by atoms with Crippen molar-refractivity contribution in [2.75, 3.05) is 5.33 Å². The predicted molar refractivity (Wildman–Crippen MR) is 57.8 cm³/mol. The van der Waals surface area contributed by atoms with Gasteiger partial charge in [-0.3, -0.25) is 4.68 Å². The monoisotopic (exact) mass is 254 g/mol. The molecule has 74 valence electrons. The van der Waals surface area contributed by atoms with E-state index < -0.39 is 0 Å². The summed E-state index contributed by atoms with van der Waals surface area (Å²) in [5.41, 5.74) is 1.23. The van der Waals surface area contributed by atoms with Gasteiger partial charge in [-0.15, -0.1) is 0 Å². The van der Waals surface area contributed by atoms with Gasteiger partial charge in [-0.05, 0) is 12.0 Å². The molecule has 0 amide bonds. The number of hydrogen-bond acceptors (Lipinski definition) is 2. The summed E-state index contributed by atoms with van der Waals surface area (Å²) in [7, 11) is 1.90. The van der Waals surface area contributed by atoms with Crippen molar-refractivity contribution in [3.8, 4) is 5.82 Å². The van der Waals surface area contributed by atoms with E-state index in [1.807, 2.05) is 30.2 Å². The molecular weight excluding hydrogens is 244 g/mol. The third-order valence-corrected chi connectivity index (χ3v) is 2.45. The Bertz CT molecular complexity index is 418. The summed E-state index contributed by atoms with van der Waals surface area (Å²) in [5.74, 6) is 0.978. The Balaban J connectivity index is 2.29. The van der Waals surface area contributed by atoms with E-state index in [4.69, 9.17) is 0 Å². The first-order valence-corrected chi connectivity index (χ1v) is 5.51. The van der Waals surface area contributed by atoms with E-state index in [1.165, 1.54) is 5.56 Å². The zero-order chi connectivity index (χ0) is 9.97. The highest BCUT2D eigenvalue weighted by atomic mass is 79.9. The molecule has 0 aromatic carbocycles. The van der Waals surface area contributed by atoms with Gasteiger partial charge in [0.05, 0.1) is 12.4 Å². The van der Waals surface area contributed by atoms with Crippen molar-refractivity contribution in [1.29, 1.82) is 0 Å². The van der Waals surface area contributed by atoms with Crippen LogP contribution in [0, 0.1) is 0 Å². The van der Waals surface area contributed by atoms with Gasteiger partial charge in [0.25, 0.3) is 0 Å². The molecule has 2 aromatic heterocycles. The fourth-order valence-corrected chi connectivity index (χ4v) is 1.77. The fourth-order valence-electron chi connectivity index (χ4n) is 1.32. The van der Waals surface area contributed by atoms with Crippen molar-refractivity contribution in [3.05, 3.63) is 30.2 Å². The number of aryl methyl sites for hydroxylation is 2. The maximum absolute atomic E-state index is 4.27. The van der Waals surface area contributed by atoms with Crippen molar-refractivity contribution in [3.63, 3.8) is 0 Å². The maximum atomic E-state index is 4.27. The first kappa shape index (κ1) is 9.45. The lowest BCUT2D eigenvalue weighted by atomic mass is 10.3. The van der Waals surface area contributed by atoms with Gasteiger partial charge in [-0.25, -0.2) is 4.68 Å². The molecule has 0 radical (unpaired) electrons. The lowest BCUT2D eigenvalue weighted by molar-refractivity contribution is 0.698. The van der Waals surface area contributed by atoms with Gasteiger partial charge in [0, 0.05) is 24.6 Å². The Morgan fingerprint density at radius 3 is 2.93 bits per heavy atom. The Morgan fingerprint density at radius 2 is 2.29 bits per heavy atom. The molecule has 0 atom stereocenters. The van der Waals surface area contributed by atoms with Gasteiger partial charge in [0.2, 0.25) is 0 Å². The second-order valence-corrected chi connectivity index (χ2v) is 3.84. The number of nitrogens with zero attached hydrogens (tertiary/aromatic N) is 4. The number of halogens is 1. The van der Waals surface area contributed by atoms with Crippen molar-refractivity contribution < 1.29 is 0 Å². The molecule has 0 bridgehead atoms. The summed E-state index contributed by atoms with van der Waals surface area (Å²) in [6.07, 6.45) is 6.67. The molecule has 2 heterocycles. The summed E-state index contributed by atoms with van der Waals surface area (Å²) in [6.45, 7) is 0. The van der Waals surface area contributed by atoms with Crippen LogP contribution < -0.4 is 0 Å². The van der Waals surface area contributed by atoms with E-state index in [2.05, 4.69) is 26.1 Å². The minimum Gasteiger partial charge on any atom is -0.251 e. The molecule has 0 aliphatic rings. The molecule has 0 saturated heterocycles. The topological polar surface area (TPSA) is 35.6 Å². The largest absolute Gasteiger partial charge is 0.251 e. The first-order chi connectivity index (χ1) is 6.81. The van der Waals surface area contributed by atoms with Crippen LogP contribution in [0.4, 0.5) is 0 Å². The molecule has 5 heteroatoms. The molecule has 0 aliphatic carbocycles. The van der Waals surface area contributed by atoms with E-state index in [-0.39, 0.29) is 0 Å². The van der Waals surface area contributed by atoms with Crippen molar-refractivity contribution in [2.24, 2.45) is 7.05 Å². The molecule has 14 heavy (non-hydrogen) atoms. The van der Waals surface area contributed by atoms with Crippen molar-refractivity contribution in [2.45, 2.75) is 6.42 Å². The van der Waals surface area contributed by atoms with Gasteiger partial charge >= 0.3 is 0 Å². The van der Waals surface area contributed by atoms with Crippen LogP contribution in [0.3, 0.4) is 0 Å². The zero-order valence-electron chi connectivity index (χ0n) is 7.89. The van der Waals surface area contributed by atoms with Crippen LogP contribution in [0.1, 0.15) is 5.56 Å². The van der Waals surface area contributed by atoms with Crippen LogP contribution in [0.15, 0.2) is 24.7 Å². The molecule has 2 rings (SSSR count). The van der Waals surface area contributed by atoms with Gasteiger partial charge in [0.15, 0.2) is 5.82 Å². The van der Waals surface area contributed by atoms with Gasteiger partial charge in [0.1, 0.15) is 0 Å². The average molecular weight is 255 g/mol. The number of hydrogen-bond donors (Lipinski definition) is 0. The normalized spacial score (nSPS) is 10.7. The average Bonchev–Trinajstić information content (AvgIpc) is 2.74. The van der Waals surface area contributed by atoms with Crippen molar-refractivity contribution >= 4 is 15.9 Å². The lowest BCUT2D eigenvalue weighted by Crippen LogP contribution is -2.02. The maximum Gasteiger partial charge on any atom is 0.151 e. The highest BCUT2D eigenvalue weighted by molar-refractivity contribution is 9.09. The van der Waals surface area contributed by atoms with Crippen LogP contribution in [-0.4, -0.2) is 24.9 Å².